The van der Waals surface area contributed by atoms with Gasteiger partial charge in [0.1, 0.15) is 0 Å². The molecule has 2 bridgehead atoms. The molecule has 3 aliphatic rings. The third kappa shape index (κ3) is 2.61. The van der Waals surface area contributed by atoms with E-state index in [0.29, 0.717) is 12.6 Å². The van der Waals surface area contributed by atoms with E-state index in [9.17, 15) is 9.90 Å². The Bertz CT molecular complexity index is 627. The first-order valence-electron chi connectivity index (χ1n) is 9.61. The molecule has 2 heterocycles. The molecular weight excluding hydrogens is 314 g/mol. The summed E-state index contributed by atoms with van der Waals surface area (Å²) < 4.78 is 5.40. The Morgan fingerprint density at radius 3 is 2.64 bits per heavy atom. The summed E-state index contributed by atoms with van der Waals surface area (Å²) >= 11 is 0. The van der Waals surface area contributed by atoms with Crippen LogP contribution in [-0.4, -0.2) is 48.3 Å². The number of fused-ring (bicyclic) bond motifs is 2. The highest BCUT2D eigenvalue weighted by Crippen LogP contribution is 2.54. The molecular formula is C21H29NO3. The zero-order valence-electron chi connectivity index (χ0n) is 15.1. The number of rotatable bonds is 6. The highest BCUT2D eigenvalue weighted by Gasteiger charge is 2.60. The summed E-state index contributed by atoms with van der Waals surface area (Å²) in [6.45, 7) is 0.691. The summed E-state index contributed by atoms with van der Waals surface area (Å²) in [7, 11) is 1.69. The van der Waals surface area contributed by atoms with Gasteiger partial charge in [0.15, 0.2) is 0 Å². The number of methoxy groups -OCH3 is 1. The quantitative estimate of drug-likeness (QED) is 0.864. The third-order valence-corrected chi connectivity index (χ3v) is 6.98. The standard InChI is InChI=1S/C21H29NO3/c1-25-15-20(10-5-11-20)19(24)22-17-8-9-18(22)21(13-17,14-23)12-16-6-3-2-4-7-16/h2-4,6-7,17-18,23H,5,8-15H2,1H3/t17-,18+,21-/m0/s1. The molecule has 0 unspecified atom stereocenters. The van der Waals surface area contributed by atoms with Gasteiger partial charge < -0.3 is 14.7 Å². The smallest absolute Gasteiger partial charge is 0.231 e. The van der Waals surface area contributed by atoms with Crippen LogP contribution in [0.4, 0.5) is 0 Å². The Morgan fingerprint density at radius 2 is 2.04 bits per heavy atom. The van der Waals surface area contributed by atoms with E-state index < -0.39 is 0 Å². The monoisotopic (exact) mass is 343 g/mol. The van der Waals surface area contributed by atoms with Crippen LogP contribution in [0.3, 0.4) is 0 Å². The van der Waals surface area contributed by atoms with Gasteiger partial charge in [-0.2, -0.15) is 0 Å². The van der Waals surface area contributed by atoms with E-state index in [2.05, 4.69) is 29.2 Å². The molecule has 4 rings (SSSR count). The second kappa shape index (κ2) is 6.40. The molecule has 2 saturated heterocycles. The molecule has 3 fully saturated rings. The number of nitrogens with zero attached hydrogens (tertiary/aromatic N) is 1. The number of aliphatic hydroxyl groups excluding tert-OH is 1. The van der Waals surface area contributed by atoms with E-state index in [-0.39, 0.29) is 29.4 Å². The highest BCUT2D eigenvalue weighted by atomic mass is 16.5. The summed E-state index contributed by atoms with van der Waals surface area (Å²) in [5.41, 5.74) is 0.776. The van der Waals surface area contributed by atoms with Gasteiger partial charge in [0.05, 0.1) is 18.6 Å². The van der Waals surface area contributed by atoms with E-state index in [0.717, 1.165) is 44.9 Å². The van der Waals surface area contributed by atoms with Crippen molar-refractivity contribution in [2.75, 3.05) is 20.3 Å². The van der Waals surface area contributed by atoms with Crippen LogP contribution >= 0.6 is 0 Å². The van der Waals surface area contributed by atoms with E-state index >= 15 is 0 Å². The maximum Gasteiger partial charge on any atom is 0.231 e. The Labute approximate surface area is 150 Å². The topological polar surface area (TPSA) is 49.8 Å². The van der Waals surface area contributed by atoms with Gasteiger partial charge in [-0.15, -0.1) is 0 Å². The van der Waals surface area contributed by atoms with Crippen LogP contribution in [0.5, 0.6) is 0 Å². The molecule has 1 aromatic carbocycles. The minimum Gasteiger partial charge on any atom is -0.396 e. The van der Waals surface area contributed by atoms with E-state index in [1.165, 1.54) is 5.56 Å². The predicted molar refractivity (Wildman–Crippen MR) is 96.1 cm³/mol. The van der Waals surface area contributed by atoms with Gasteiger partial charge in [0, 0.05) is 24.6 Å². The molecule has 136 valence electrons. The minimum absolute atomic E-state index is 0.157. The molecule has 1 N–H and O–H groups in total. The summed E-state index contributed by atoms with van der Waals surface area (Å²) in [5, 5.41) is 10.3. The van der Waals surface area contributed by atoms with Gasteiger partial charge in [-0.1, -0.05) is 36.8 Å². The van der Waals surface area contributed by atoms with Gasteiger partial charge in [-0.25, -0.2) is 0 Å². The fraction of sp³-hybridized carbons (Fsp3) is 0.667. The zero-order chi connectivity index (χ0) is 17.5. The first-order valence-corrected chi connectivity index (χ1v) is 9.61. The summed E-state index contributed by atoms with van der Waals surface area (Å²) in [5.74, 6) is 0.288. The van der Waals surface area contributed by atoms with E-state index in [1.54, 1.807) is 7.11 Å². The molecule has 4 heteroatoms. The molecule has 0 radical (unpaired) electrons. The number of amides is 1. The molecule has 0 aromatic heterocycles. The highest BCUT2D eigenvalue weighted by molar-refractivity contribution is 5.85. The lowest BCUT2D eigenvalue weighted by Crippen LogP contribution is -2.53. The third-order valence-electron chi connectivity index (χ3n) is 6.98. The molecule has 2 aliphatic heterocycles. The summed E-state index contributed by atoms with van der Waals surface area (Å²) in [4.78, 5) is 15.6. The fourth-order valence-corrected chi connectivity index (χ4v) is 5.59. The van der Waals surface area contributed by atoms with Crippen LogP contribution in [-0.2, 0) is 16.0 Å². The number of aliphatic hydroxyl groups is 1. The number of hydrogen-bond donors (Lipinski definition) is 1. The van der Waals surface area contributed by atoms with Crippen molar-refractivity contribution in [3.05, 3.63) is 35.9 Å². The van der Waals surface area contributed by atoms with Crippen LogP contribution in [0.25, 0.3) is 0 Å². The van der Waals surface area contributed by atoms with Gasteiger partial charge in [-0.3, -0.25) is 4.79 Å². The van der Waals surface area contributed by atoms with Gasteiger partial charge >= 0.3 is 0 Å². The van der Waals surface area contributed by atoms with Crippen LogP contribution in [0.2, 0.25) is 0 Å². The van der Waals surface area contributed by atoms with Crippen LogP contribution in [0.15, 0.2) is 30.3 Å². The molecule has 1 amide bonds. The molecule has 1 saturated carbocycles. The minimum atomic E-state index is -0.298. The van der Waals surface area contributed by atoms with Gasteiger partial charge in [0.2, 0.25) is 5.91 Å². The SMILES string of the molecule is COCC1(C(=O)N2[C@H]3CC[C@@H]2[C@@](CO)(Cc2ccccc2)C3)CCC1. The average Bonchev–Trinajstić information content (AvgIpc) is 3.14. The number of ether oxygens (including phenoxy) is 1. The van der Waals surface area contributed by atoms with E-state index in [1.807, 2.05) is 6.07 Å². The predicted octanol–water partition coefficient (Wildman–Crippen LogP) is 2.79. The summed E-state index contributed by atoms with van der Waals surface area (Å²) in [6, 6.07) is 10.9. The van der Waals surface area contributed by atoms with Crippen molar-refractivity contribution >= 4 is 5.91 Å². The number of hydrogen-bond acceptors (Lipinski definition) is 3. The maximum atomic E-state index is 13.4. The van der Waals surface area contributed by atoms with E-state index in [4.69, 9.17) is 4.74 Å². The van der Waals surface area contributed by atoms with Crippen molar-refractivity contribution in [1.82, 2.24) is 4.90 Å². The second-order valence-corrected chi connectivity index (χ2v) is 8.41. The van der Waals surface area contributed by atoms with Crippen molar-refractivity contribution < 1.29 is 14.6 Å². The molecule has 25 heavy (non-hydrogen) atoms. The second-order valence-electron chi connectivity index (χ2n) is 8.41. The Hall–Kier alpha value is -1.39. The number of benzene rings is 1. The molecule has 1 aliphatic carbocycles. The Balaban J connectivity index is 1.59. The van der Waals surface area contributed by atoms with Crippen molar-refractivity contribution in [3.63, 3.8) is 0 Å². The number of carbonyl (C=O) groups excluding carboxylic acids is 1. The molecule has 0 spiro atoms. The molecule has 1 aromatic rings. The maximum absolute atomic E-state index is 13.4. The summed E-state index contributed by atoms with van der Waals surface area (Å²) in [6.07, 6.45) is 6.89. The number of carbonyl (C=O) groups is 1. The van der Waals surface area contributed by atoms with Crippen molar-refractivity contribution in [2.45, 2.75) is 57.0 Å². The van der Waals surface area contributed by atoms with Crippen molar-refractivity contribution in [3.8, 4) is 0 Å². The first kappa shape index (κ1) is 17.0. The molecule has 3 atom stereocenters. The van der Waals surface area contributed by atoms with Crippen molar-refractivity contribution in [1.29, 1.82) is 0 Å². The Kier molecular flexibility index (Phi) is 4.37. The largest absolute Gasteiger partial charge is 0.396 e. The van der Waals surface area contributed by atoms with Crippen molar-refractivity contribution in [2.24, 2.45) is 10.8 Å². The van der Waals surface area contributed by atoms with Crippen LogP contribution in [0, 0.1) is 10.8 Å². The van der Waals surface area contributed by atoms with Crippen LogP contribution < -0.4 is 0 Å². The lowest BCUT2D eigenvalue weighted by molar-refractivity contribution is -0.154. The van der Waals surface area contributed by atoms with Gasteiger partial charge in [-0.05, 0) is 44.1 Å². The molecule has 4 nitrogen and oxygen atoms in total. The fourth-order valence-electron chi connectivity index (χ4n) is 5.59. The lowest BCUT2D eigenvalue weighted by Gasteiger charge is -2.44. The zero-order valence-corrected chi connectivity index (χ0v) is 15.1. The van der Waals surface area contributed by atoms with Crippen LogP contribution in [0.1, 0.15) is 44.1 Å². The Morgan fingerprint density at radius 1 is 1.28 bits per heavy atom. The van der Waals surface area contributed by atoms with Gasteiger partial charge in [0.25, 0.3) is 0 Å². The first-order chi connectivity index (χ1) is 12.1. The normalized spacial score (nSPS) is 32.6. The lowest BCUT2D eigenvalue weighted by atomic mass is 9.68. The average molecular weight is 343 g/mol.